The number of H-pyrrole nitrogens is 1. The third-order valence-corrected chi connectivity index (χ3v) is 5.19. The summed E-state index contributed by atoms with van der Waals surface area (Å²) in [6.07, 6.45) is 1.75. The topological polar surface area (TPSA) is 101 Å². The summed E-state index contributed by atoms with van der Waals surface area (Å²) in [7, 11) is 0. The predicted octanol–water partition coefficient (Wildman–Crippen LogP) is 3.33. The van der Waals surface area contributed by atoms with Crippen molar-refractivity contribution < 1.29 is 9.18 Å². The highest BCUT2D eigenvalue weighted by Crippen LogP contribution is 2.24. The van der Waals surface area contributed by atoms with Gasteiger partial charge in [-0.3, -0.25) is 19.1 Å². The number of nitrogens with zero attached hydrogens (tertiary/aromatic N) is 2. The minimum Gasteiger partial charge on any atom is -0.383 e. The van der Waals surface area contributed by atoms with Crippen molar-refractivity contribution in [1.29, 1.82) is 0 Å². The zero-order valence-corrected chi connectivity index (χ0v) is 18.3. The Hall–Kier alpha value is -2.61. The Balaban J connectivity index is 2.52. The average molecular weight is 439 g/mol. The second kappa shape index (κ2) is 10.4. The maximum atomic E-state index is 14.2. The van der Waals surface area contributed by atoms with Crippen molar-refractivity contribution in [3.63, 3.8) is 0 Å². The van der Waals surface area contributed by atoms with Gasteiger partial charge in [0.1, 0.15) is 11.6 Å². The third kappa shape index (κ3) is 5.50. The molecule has 0 unspecified atom stereocenters. The van der Waals surface area contributed by atoms with E-state index in [0.29, 0.717) is 19.4 Å². The smallest absolute Gasteiger partial charge is 0.330 e. The number of hydrogen-bond acceptors (Lipinski definition) is 4. The van der Waals surface area contributed by atoms with E-state index in [0.717, 1.165) is 6.42 Å². The van der Waals surface area contributed by atoms with E-state index >= 15 is 0 Å². The van der Waals surface area contributed by atoms with Gasteiger partial charge in [-0.15, -0.1) is 0 Å². The van der Waals surface area contributed by atoms with Gasteiger partial charge in [-0.05, 0) is 30.9 Å². The van der Waals surface area contributed by atoms with Gasteiger partial charge in [-0.25, -0.2) is 9.18 Å². The summed E-state index contributed by atoms with van der Waals surface area (Å²) in [5.41, 5.74) is 4.76. The predicted molar refractivity (Wildman–Crippen MR) is 118 cm³/mol. The van der Waals surface area contributed by atoms with Gasteiger partial charge in [0.25, 0.3) is 5.56 Å². The number of carbonyl (C=O) groups excluding carboxylic acids is 1. The number of nitrogens with two attached hydrogens (primary N) is 1. The zero-order chi connectivity index (χ0) is 22.4. The number of anilines is 2. The standard InChI is InChI=1S/C21H28ClFN4O3/c1-4-5-10-27-19(24)18(20(29)25-21(27)30)26(11-9-13(2)3)17(28)12-14-15(22)7-6-8-16(14)23/h6-8,13H,4-5,9-12,24H2,1-3H3,(H,25,29,30). The summed E-state index contributed by atoms with van der Waals surface area (Å²) in [6.45, 7) is 6.43. The molecule has 0 fully saturated rings. The average Bonchev–Trinajstić information content (AvgIpc) is 2.66. The molecular weight excluding hydrogens is 411 g/mol. The summed E-state index contributed by atoms with van der Waals surface area (Å²) in [4.78, 5) is 41.5. The van der Waals surface area contributed by atoms with Gasteiger partial charge in [0.2, 0.25) is 5.91 Å². The molecule has 0 aliphatic carbocycles. The number of benzene rings is 1. The molecule has 164 valence electrons. The molecule has 0 aliphatic rings. The quantitative estimate of drug-likeness (QED) is 0.626. The molecule has 0 spiro atoms. The second-order valence-electron chi connectivity index (χ2n) is 7.60. The van der Waals surface area contributed by atoms with Gasteiger partial charge in [-0.1, -0.05) is 44.9 Å². The highest BCUT2D eigenvalue weighted by molar-refractivity contribution is 6.31. The highest BCUT2D eigenvalue weighted by atomic mass is 35.5. The van der Waals surface area contributed by atoms with Crippen molar-refractivity contribution in [2.45, 2.75) is 53.0 Å². The number of carbonyl (C=O) groups is 1. The van der Waals surface area contributed by atoms with Gasteiger partial charge >= 0.3 is 5.69 Å². The van der Waals surface area contributed by atoms with Crippen molar-refractivity contribution >= 4 is 29.0 Å². The first-order chi connectivity index (χ1) is 14.2. The highest BCUT2D eigenvalue weighted by Gasteiger charge is 2.25. The van der Waals surface area contributed by atoms with Crippen molar-refractivity contribution in [3.05, 3.63) is 55.4 Å². The first-order valence-corrected chi connectivity index (χ1v) is 10.4. The van der Waals surface area contributed by atoms with E-state index in [1.54, 1.807) is 0 Å². The van der Waals surface area contributed by atoms with Crippen LogP contribution in [0.3, 0.4) is 0 Å². The van der Waals surface area contributed by atoms with Crippen LogP contribution in [0.1, 0.15) is 45.6 Å². The molecule has 7 nitrogen and oxygen atoms in total. The van der Waals surface area contributed by atoms with Crippen molar-refractivity contribution in [3.8, 4) is 0 Å². The maximum Gasteiger partial charge on any atom is 0.330 e. The largest absolute Gasteiger partial charge is 0.383 e. The number of nitrogen functional groups attached to an aromatic ring is 1. The Labute approximate surface area is 179 Å². The molecule has 1 aromatic carbocycles. The lowest BCUT2D eigenvalue weighted by atomic mass is 10.1. The molecule has 0 aliphatic heterocycles. The van der Waals surface area contributed by atoms with E-state index in [2.05, 4.69) is 4.98 Å². The van der Waals surface area contributed by atoms with Crippen molar-refractivity contribution in [2.75, 3.05) is 17.2 Å². The summed E-state index contributed by atoms with van der Waals surface area (Å²) < 4.78 is 15.5. The van der Waals surface area contributed by atoms with Gasteiger partial charge < -0.3 is 10.6 Å². The van der Waals surface area contributed by atoms with Crippen molar-refractivity contribution in [1.82, 2.24) is 9.55 Å². The molecule has 2 rings (SSSR count). The minimum atomic E-state index is -0.748. The number of unbranched alkanes of at least 4 members (excludes halogenated alkanes) is 1. The Kier molecular flexibility index (Phi) is 8.23. The minimum absolute atomic E-state index is 0.0491. The lowest BCUT2D eigenvalue weighted by molar-refractivity contribution is -0.118. The monoisotopic (exact) mass is 438 g/mol. The van der Waals surface area contributed by atoms with Gasteiger partial charge in [0, 0.05) is 23.7 Å². The number of hydrogen-bond donors (Lipinski definition) is 2. The van der Waals surface area contributed by atoms with Crippen LogP contribution < -0.4 is 21.9 Å². The van der Waals surface area contributed by atoms with Crippen LogP contribution in [0, 0.1) is 11.7 Å². The molecule has 0 radical (unpaired) electrons. The Morgan fingerprint density at radius 1 is 1.33 bits per heavy atom. The number of aromatic amines is 1. The molecule has 0 saturated carbocycles. The van der Waals surface area contributed by atoms with E-state index in [9.17, 15) is 18.8 Å². The summed E-state index contributed by atoms with van der Waals surface area (Å²) in [5.74, 6) is -0.965. The number of aromatic nitrogens is 2. The summed E-state index contributed by atoms with van der Waals surface area (Å²) in [6, 6.07) is 4.17. The SMILES string of the molecule is CCCCn1c(N)c(N(CCC(C)C)C(=O)Cc2c(F)cccc2Cl)c(=O)[nH]c1=O. The van der Waals surface area contributed by atoms with E-state index < -0.39 is 23.0 Å². The molecule has 1 heterocycles. The first-order valence-electron chi connectivity index (χ1n) is 10.0. The van der Waals surface area contributed by atoms with Crippen LogP contribution in [-0.2, 0) is 17.8 Å². The number of halogens is 2. The number of nitrogens with one attached hydrogen (secondary N) is 1. The van der Waals surface area contributed by atoms with E-state index in [-0.39, 0.29) is 41.0 Å². The van der Waals surface area contributed by atoms with Crippen LogP contribution in [0.25, 0.3) is 0 Å². The number of rotatable bonds is 9. The van der Waals surface area contributed by atoms with Gasteiger partial charge in [0.15, 0.2) is 5.69 Å². The summed E-state index contributed by atoms with van der Waals surface area (Å²) >= 11 is 6.07. The van der Waals surface area contributed by atoms with Crippen LogP contribution in [-0.4, -0.2) is 22.0 Å². The van der Waals surface area contributed by atoms with Crippen LogP contribution in [0.4, 0.5) is 15.9 Å². The van der Waals surface area contributed by atoms with Crippen LogP contribution in [0.5, 0.6) is 0 Å². The second-order valence-corrected chi connectivity index (χ2v) is 8.01. The fraction of sp³-hybridized carbons (Fsp3) is 0.476. The van der Waals surface area contributed by atoms with E-state index in [1.807, 2.05) is 20.8 Å². The first kappa shape index (κ1) is 23.7. The van der Waals surface area contributed by atoms with E-state index in [1.165, 1.54) is 27.7 Å². The van der Waals surface area contributed by atoms with Crippen LogP contribution in [0.15, 0.2) is 27.8 Å². The van der Waals surface area contributed by atoms with Crippen molar-refractivity contribution in [2.24, 2.45) is 5.92 Å². The van der Waals surface area contributed by atoms with Crippen LogP contribution >= 0.6 is 11.6 Å². The fourth-order valence-electron chi connectivity index (χ4n) is 3.07. The van der Waals surface area contributed by atoms with Crippen LogP contribution in [0.2, 0.25) is 5.02 Å². The van der Waals surface area contributed by atoms with Gasteiger partial charge in [0.05, 0.1) is 6.42 Å². The molecule has 1 aromatic heterocycles. The molecule has 30 heavy (non-hydrogen) atoms. The Morgan fingerprint density at radius 3 is 2.63 bits per heavy atom. The molecule has 9 heteroatoms. The Morgan fingerprint density at radius 2 is 2.03 bits per heavy atom. The van der Waals surface area contributed by atoms with Gasteiger partial charge in [-0.2, -0.15) is 0 Å². The molecule has 3 N–H and O–H groups in total. The molecule has 0 saturated heterocycles. The maximum absolute atomic E-state index is 14.2. The third-order valence-electron chi connectivity index (χ3n) is 4.84. The lowest BCUT2D eigenvalue weighted by Crippen LogP contribution is -2.42. The molecule has 0 atom stereocenters. The molecule has 1 amide bonds. The normalized spacial score (nSPS) is 11.1. The number of amides is 1. The lowest BCUT2D eigenvalue weighted by Gasteiger charge is -2.25. The Bertz CT molecular complexity index is 996. The zero-order valence-electron chi connectivity index (χ0n) is 17.5. The molecule has 0 bridgehead atoms. The summed E-state index contributed by atoms with van der Waals surface area (Å²) in [5, 5.41) is 0.127. The molecular formula is C21H28ClFN4O3. The molecule has 2 aromatic rings. The fourth-order valence-corrected chi connectivity index (χ4v) is 3.30. The van der Waals surface area contributed by atoms with E-state index in [4.69, 9.17) is 17.3 Å².